The smallest absolute Gasteiger partial charge is 0.162 e. The third kappa shape index (κ3) is 5.80. The number of rotatable bonds is 9. The molecular formula is C23H28ClN5O4. The zero-order chi connectivity index (χ0) is 23.4. The van der Waals surface area contributed by atoms with Crippen molar-refractivity contribution < 1.29 is 19.1 Å². The summed E-state index contributed by atoms with van der Waals surface area (Å²) in [6, 6.07) is 7.37. The molecule has 1 aliphatic rings. The van der Waals surface area contributed by atoms with Gasteiger partial charge in [0.25, 0.3) is 0 Å². The first-order valence-corrected chi connectivity index (χ1v) is 11.2. The highest BCUT2D eigenvalue weighted by Crippen LogP contribution is 2.32. The molecule has 2 atom stereocenters. The fourth-order valence-corrected chi connectivity index (χ4v) is 3.97. The van der Waals surface area contributed by atoms with Crippen molar-refractivity contribution in [2.24, 2.45) is 0 Å². The van der Waals surface area contributed by atoms with Gasteiger partial charge in [0, 0.05) is 29.8 Å². The van der Waals surface area contributed by atoms with Crippen molar-refractivity contribution in [3.05, 3.63) is 40.7 Å². The maximum Gasteiger partial charge on any atom is 0.162 e. The number of benzene rings is 1. The number of likely N-dealkylation sites (N-methyl/N-ethyl adjacent to an activating group) is 1. The standard InChI is InChI=1S/C23H28ClN5O4/c1-13-22(14(2)33-29-13)20-9-21(26-17-4-5-31-11-17)28-23(27-20)15-6-16(24)8-19(7-15)32-12-18(30)10-25-3/h6-9,17-18,25,30H,4-5,10-12H2,1-3H3,(H,26,27,28). The number of nitrogens with zero attached hydrogens (tertiary/aromatic N) is 3. The quantitative estimate of drug-likeness (QED) is 0.430. The van der Waals surface area contributed by atoms with Crippen LogP contribution in [0.5, 0.6) is 5.75 Å². The zero-order valence-electron chi connectivity index (χ0n) is 18.9. The minimum absolute atomic E-state index is 0.134. The van der Waals surface area contributed by atoms with E-state index in [1.165, 1.54) is 0 Å². The number of ether oxygens (including phenoxy) is 2. The molecule has 10 heteroatoms. The molecular weight excluding hydrogens is 446 g/mol. The number of halogens is 1. The molecule has 3 heterocycles. The van der Waals surface area contributed by atoms with Gasteiger partial charge in [-0.3, -0.25) is 0 Å². The molecule has 176 valence electrons. The molecule has 0 bridgehead atoms. The van der Waals surface area contributed by atoms with E-state index in [0.717, 1.165) is 24.3 Å². The normalized spacial score (nSPS) is 16.7. The van der Waals surface area contributed by atoms with E-state index in [1.807, 2.05) is 26.0 Å². The average molecular weight is 474 g/mol. The van der Waals surface area contributed by atoms with Crippen LogP contribution in [0.2, 0.25) is 5.02 Å². The van der Waals surface area contributed by atoms with Crippen molar-refractivity contribution in [2.45, 2.75) is 32.4 Å². The van der Waals surface area contributed by atoms with Crippen LogP contribution in [0.3, 0.4) is 0 Å². The van der Waals surface area contributed by atoms with E-state index in [0.29, 0.717) is 52.6 Å². The molecule has 0 spiro atoms. The van der Waals surface area contributed by atoms with Crippen molar-refractivity contribution in [1.29, 1.82) is 0 Å². The highest BCUT2D eigenvalue weighted by molar-refractivity contribution is 6.31. The van der Waals surface area contributed by atoms with Gasteiger partial charge >= 0.3 is 0 Å². The van der Waals surface area contributed by atoms with Crippen molar-refractivity contribution in [3.63, 3.8) is 0 Å². The lowest BCUT2D eigenvalue weighted by atomic mass is 10.1. The van der Waals surface area contributed by atoms with Crippen molar-refractivity contribution in [2.75, 3.05) is 38.7 Å². The molecule has 1 saturated heterocycles. The number of aliphatic hydroxyl groups excluding tert-OH is 1. The summed E-state index contributed by atoms with van der Waals surface area (Å²) in [5.74, 6) is 2.37. The molecule has 0 radical (unpaired) electrons. The first-order chi connectivity index (χ1) is 15.9. The topological polar surface area (TPSA) is 115 Å². The van der Waals surface area contributed by atoms with E-state index < -0.39 is 6.10 Å². The molecule has 0 amide bonds. The minimum atomic E-state index is -0.638. The van der Waals surface area contributed by atoms with Gasteiger partial charge in [0.2, 0.25) is 0 Å². The highest BCUT2D eigenvalue weighted by atomic mass is 35.5. The summed E-state index contributed by atoms with van der Waals surface area (Å²) < 4.78 is 16.6. The van der Waals surface area contributed by atoms with Gasteiger partial charge in [0.05, 0.1) is 29.6 Å². The Kier molecular flexibility index (Phi) is 7.44. The Morgan fingerprint density at radius 3 is 2.79 bits per heavy atom. The molecule has 3 aromatic rings. The first-order valence-electron chi connectivity index (χ1n) is 10.9. The summed E-state index contributed by atoms with van der Waals surface area (Å²) in [5, 5.41) is 20.9. The third-order valence-electron chi connectivity index (χ3n) is 5.31. The van der Waals surface area contributed by atoms with Crippen LogP contribution in [0, 0.1) is 13.8 Å². The maximum absolute atomic E-state index is 9.95. The molecule has 9 nitrogen and oxygen atoms in total. The Hall–Kier alpha value is -2.72. The average Bonchev–Trinajstić information content (AvgIpc) is 3.41. The van der Waals surface area contributed by atoms with Crippen LogP contribution in [-0.4, -0.2) is 65.8 Å². The second-order valence-electron chi connectivity index (χ2n) is 8.06. The Morgan fingerprint density at radius 1 is 1.24 bits per heavy atom. The molecule has 2 unspecified atom stereocenters. The van der Waals surface area contributed by atoms with Crippen LogP contribution in [0.1, 0.15) is 17.9 Å². The number of aromatic nitrogens is 3. The molecule has 0 aliphatic carbocycles. The van der Waals surface area contributed by atoms with E-state index in [1.54, 1.807) is 19.2 Å². The van der Waals surface area contributed by atoms with Gasteiger partial charge in [-0.2, -0.15) is 0 Å². The van der Waals surface area contributed by atoms with E-state index >= 15 is 0 Å². The second kappa shape index (κ2) is 10.5. The largest absolute Gasteiger partial charge is 0.491 e. The summed E-state index contributed by atoms with van der Waals surface area (Å²) in [6.07, 6.45) is 0.269. The van der Waals surface area contributed by atoms with Gasteiger partial charge in [-0.25, -0.2) is 9.97 Å². The van der Waals surface area contributed by atoms with Crippen molar-refractivity contribution in [1.82, 2.24) is 20.4 Å². The zero-order valence-corrected chi connectivity index (χ0v) is 19.6. The predicted molar refractivity (Wildman–Crippen MR) is 126 cm³/mol. The summed E-state index contributed by atoms with van der Waals surface area (Å²) in [5.41, 5.74) is 2.98. The van der Waals surface area contributed by atoms with Gasteiger partial charge in [-0.15, -0.1) is 0 Å². The van der Waals surface area contributed by atoms with Crippen LogP contribution in [0.4, 0.5) is 5.82 Å². The maximum atomic E-state index is 9.95. The first kappa shape index (κ1) is 23.4. The summed E-state index contributed by atoms with van der Waals surface area (Å²) in [7, 11) is 1.77. The van der Waals surface area contributed by atoms with Gasteiger partial charge in [0.1, 0.15) is 30.0 Å². The highest BCUT2D eigenvalue weighted by Gasteiger charge is 2.20. The number of nitrogens with one attached hydrogen (secondary N) is 2. The fourth-order valence-electron chi connectivity index (χ4n) is 3.75. The fraction of sp³-hybridized carbons (Fsp3) is 0.435. The molecule has 1 aromatic carbocycles. The Balaban J connectivity index is 1.70. The van der Waals surface area contributed by atoms with Crippen LogP contribution in [-0.2, 0) is 4.74 Å². The van der Waals surface area contributed by atoms with E-state index in [4.69, 9.17) is 35.6 Å². The molecule has 1 aliphatic heterocycles. The molecule has 1 fully saturated rings. The van der Waals surface area contributed by atoms with Crippen LogP contribution in [0.25, 0.3) is 22.6 Å². The number of hydrogen-bond donors (Lipinski definition) is 3. The summed E-state index contributed by atoms with van der Waals surface area (Å²) >= 11 is 6.38. The van der Waals surface area contributed by atoms with Crippen molar-refractivity contribution >= 4 is 17.4 Å². The lowest BCUT2D eigenvalue weighted by Crippen LogP contribution is -2.29. The molecule has 0 saturated carbocycles. The SMILES string of the molecule is CNCC(O)COc1cc(Cl)cc(-c2nc(NC3CCOC3)cc(-c3c(C)noc3C)n2)c1. The number of anilines is 1. The Bertz CT molecular complexity index is 1080. The van der Waals surface area contributed by atoms with Gasteiger partial charge < -0.3 is 29.7 Å². The minimum Gasteiger partial charge on any atom is -0.491 e. The molecule has 4 rings (SSSR count). The molecule has 2 aromatic heterocycles. The van der Waals surface area contributed by atoms with Crippen molar-refractivity contribution in [3.8, 4) is 28.4 Å². The Morgan fingerprint density at radius 2 is 2.09 bits per heavy atom. The second-order valence-corrected chi connectivity index (χ2v) is 8.50. The third-order valence-corrected chi connectivity index (χ3v) is 5.53. The number of hydrogen-bond acceptors (Lipinski definition) is 9. The van der Waals surface area contributed by atoms with E-state index in [-0.39, 0.29) is 12.6 Å². The monoisotopic (exact) mass is 473 g/mol. The summed E-state index contributed by atoms with van der Waals surface area (Å²) in [4.78, 5) is 9.53. The summed E-state index contributed by atoms with van der Waals surface area (Å²) in [6.45, 7) is 5.65. The number of aryl methyl sites for hydroxylation is 2. The lowest BCUT2D eigenvalue weighted by Gasteiger charge is -2.15. The predicted octanol–water partition coefficient (Wildman–Crippen LogP) is 3.23. The van der Waals surface area contributed by atoms with Gasteiger partial charge in [-0.1, -0.05) is 16.8 Å². The molecule has 3 N–H and O–H groups in total. The van der Waals surface area contributed by atoms with E-state index in [9.17, 15) is 5.11 Å². The van der Waals surface area contributed by atoms with Crippen LogP contribution < -0.4 is 15.4 Å². The lowest BCUT2D eigenvalue weighted by molar-refractivity contribution is 0.108. The van der Waals surface area contributed by atoms with Gasteiger partial charge in [-0.05, 0) is 45.5 Å². The van der Waals surface area contributed by atoms with Gasteiger partial charge in [0.15, 0.2) is 5.82 Å². The van der Waals surface area contributed by atoms with Crippen LogP contribution in [0.15, 0.2) is 28.8 Å². The van der Waals surface area contributed by atoms with E-state index in [2.05, 4.69) is 15.8 Å². The Labute approximate surface area is 197 Å². The van der Waals surface area contributed by atoms with Crippen LogP contribution >= 0.6 is 11.6 Å². The number of aliphatic hydroxyl groups is 1. The molecule has 33 heavy (non-hydrogen) atoms.